The monoisotopic (exact) mass is 162 g/mol. The highest BCUT2D eigenvalue weighted by atomic mass is 14.1. The van der Waals surface area contributed by atoms with Gasteiger partial charge in [-0.15, -0.1) is 0 Å². The van der Waals surface area contributed by atoms with Crippen LogP contribution in [0.4, 0.5) is 0 Å². The third-order valence-corrected chi connectivity index (χ3v) is 2.37. The number of hydrogen-bond acceptors (Lipinski definition) is 0. The van der Waals surface area contributed by atoms with E-state index < -0.39 is 0 Å². The van der Waals surface area contributed by atoms with Crippen LogP contribution < -0.4 is 0 Å². The van der Waals surface area contributed by atoms with Gasteiger partial charge < -0.3 is 0 Å². The van der Waals surface area contributed by atoms with Gasteiger partial charge in [-0.1, -0.05) is 50.1 Å². The number of benzene rings is 1. The molecule has 1 rings (SSSR count). The van der Waals surface area contributed by atoms with E-state index in [2.05, 4.69) is 45.0 Å². The van der Waals surface area contributed by atoms with E-state index in [4.69, 9.17) is 0 Å². The van der Waals surface area contributed by atoms with Crippen LogP contribution in [0.5, 0.6) is 0 Å². The van der Waals surface area contributed by atoms with Crippen molar-refractivity contribution in [1.82, 2.24) is 0 Å². The first-order valence-corrected chi connectivity index (χ1v) is 4.80. The molecule has 0 amide bonds. The summed E-state index contributed by atoms with van der Waals surface area (Å²) in [6, 6.07) is 8.88. The summed E-state index contributed by atoms with van der Waals surface area (Å²) >= 11 is 0. The molecule has 0 aliphatic carbocycles. The van der Waals surface area contributed by atoms with Crippen LogP contribution in [0.15, 0.2) is 24.3 Å². The van der Waals surface area contributed by atoms with Gasteiger partial charge in [-0.3, -0.25) is 0 Å². The molecule has 0 heteroatoms. The fourth-order valence-electron chi connectivity index (χ4n) is 1.49. The zero-order valence-electron chi connectivity index (χ0n) is 8.30. The second-order valence-electron chi connectivity index (χ2n) is 3.60. The van der Waals surface area contributed by atoms with E-state index >= 15 is 0 Å². The summed E-state index contributed by atoms with van der Waals surface area (Å²) in [5.74, 6) is 0.718. The third-order valence-electron chi connectivity index (χ3n) is 2.37. The average Bonchev–Trinajstić information content (AvgIpc) is 2.06. The second kappa shape index (κ2) is 4.30. The minimum absolute atomic E-state index is 0.718. The maximum absolute atomic E-state index is 2.30. The van der Waals surface area contributed by atoms with E-state index in [1.807, 2.05) is 0 Å². The summed E-state index contributed by atoms with van der Waals surface area (Å²) in [6.45, 7) is 6.67. The molecule has 0 bridgehead atoms. The van der Waals surface area contributed by atoms with Gasteiger partial charge in [0.05, 0.1) is 0 Å². The Labute approximate surface area is 75.6 Å². The van der Waals surface area contributed by atoms with Crippen LogP contribution in [-0.2, 0) is 0 Å². The Balaban J connectivity index is 2.68. The first-order valence-electron chi connectivity index (χ1n) is 4.80. The molecule has 0 radical (unpaired) electrons. The molecule has 1 atom stereocenters. The van der Waals surface area contributed by atoms with Gasteiger partial charge in [0.1, 0.15) is 0 Å². The van der Waals surface area contributed by atoms with Crippen molar-refractivity contribution < 1.29 is 0 Å². The van der Waals surface area contributed by atoms with Gasteiger partial charge in [-0.05, 0) is 24.8 Å². The lowest BCUT2D eigenvalue weighted by Crippen LogP contribution is -1.92. The molecule has 0 nitrogen and oxygen atoms in total. The van der Waals surface area contributed by atoms with Crippen LogP contribution in [-0.4, -0.2) is 0 Å². The highest BCUT2D eigenvalue weighted by Gasteiger charge is 2.02. The molecular formula is C12H18. The Morgan fingerprint density at radius 3 is 2.25 bits per heavy atom. The molecular weight excluding hydrogens is 144 g/mol. The number of hydrogen-bond donors (Lipinski definition) is 0. The Bertz CT molecular complexity index is 220. The van der Waals surface area contributed by atoms with E-state index in [1.165, 1.54) is 24.0 Å². The van der Waals surface area contributed by atoms with Gasteiger partial charge in [-0.2, -0.15) is 0 Å². The molecule has 1 aromatic carbocycles. The third kappa shape index (κ3) is 2.37. The molecule has 1 aromatic rings. The molecule has 0 saturated heterocycles. The molecule has 0 spiro atoms. The Kier molecular flexibility index (Phi) is 3.33. The number of rotatable bonds is 3. The molecule has 0 aromatic heterocycles. The van der Waals surface area contributed by atoms with Crippen LogP contribution in [0.1, 0.15) is 43.7 Å². The Hall–Kier alpha value is -0.780. The van der Waals surface area contributed by atoms with Crippen LogP contribution in [0, 0.1) is 6.92 Å². The smallest absolute Gasteiger partial charge is 0.0190 e. The maximum atomic E-state index is 2.30. The van der Waals surface area contributed by atoms with E-state index in [0.717, 1.165) is 5.92 Å². The summed E-state index contributed by atoms with van der Waals surface area (Å²) in [5, 5.41) is 0. The van der Waals surface area contributed by atoms with Gasteiger partial charge in [0, 0.05) is 0 Å². The van der Waals surface area contributed by atoms with Crippen LogP contribution >= 0.6 is 0 Å². The zero-order chi connectivity index (χ0) is 8.97. The minimum Gasteiger partial charge on any atom is -0.0654 e. The fraction of sp³-hybridized carbons (Fsp3) is 0.500. The lowest BCUT2D eigenvalue weighted by molar-refractivity contribution is 0.665. The van der Waals surface area contributed by atoms with Crippen molar-refractivity contribution in [1.29, 1.82) is 0 Å². The van der Waals surface area contributed by atoms with Crippen molar-refractivity contribution >= 4 is 0 Å². The molecule has 0 saturated carbocycles. The summed E-state index contributed by atoms with van der Waals surface area (Å²) in [6.07, 6.45) is 2.57. The van der Waals surface area contributed by atoms with Gasteiger partial charge >= 0.3 is 0 Å². The van der Waals surface area contributed by atoms with Gasteiger partial charge in [0.15, 0.2) is 0 Å². The zero-order valence-corrected chi connectivity index (χ0v) is 8.30. The minimum atomic E-state index is 0.718. The van der Waals surface area contributed by atoms with E-state index in [9.17, 15) is 0 Å². The summed E-state index contributed by atoms with van der Waals surface area (Å²) in [7, 11) is 0. The number of aryl methyl sites for hydroxylation is 1. The normalized spacial score (nSPS) is 12.9. The van der Waals surface area contributed by atoms with Gasteiger partial charge in [0.2, 0.25) is 0 Å². The molecule has 66 valence electrons. The van der Waals surface area contributed by atoms with Crippen LogP contribution in [0.25, 0.3) is 0 Å². The highest BCUT2D eigenvalue weighted by molar-refractivity contribution is 5.23. The lowest BCUT2D eigenvalue weighted by atomic mass is 9.96. The van der Waals surface area contributed by atoms with E-state index in [1.54, 1.807) is 0 Å². The van der Waals surface area contributed by atoms with Crippen molar-refractivity contribution in [2.24, 2.45) is 0 Å². The molecule has 0 heterocycles. The van der Waals surface area contributed by atoms with Crippen molar-refractivity contribution in [3.63, 3.8) is 0 Å². The molecule has 0 N–H and O–H groups in total. The summed E-state index contributed by atoms with van der Waals surface area (Å²) in [4.78, 5) is 0. The van der Waals surface area contributed by atoms with Crippen molar-refractivity contribution in [3.05, 3.63) is 35.4 Å². The molecule has 0 aliphatic rings. The first kappa shape index (κ1) is 9.31. The van der Waals surface area contributed by atoms with Crippen molar-refractivity contribution in [2.75, 3.05) is 0 Å². The molecule has 0 fully saturated rings. The topological polar surface area (TPSA) is 0 Å². The van der Waals surface area contributed by atoms with Crippen molar-refractivity contribution in [3.8, 4) is 0 Å². The standard InChI is InChI=1S/C12H18/c1-4-5-11(3)12-8-6-10(2)7-9-12/h6-9,11H,4-5H2,1-3H3. The first-order chi connectivity index (χ1) is 5.74. The SMILES string of the molecule is CCCC(C)c1ccc(C)cc1. The fourth-order valence-corrected chi connectivity index (χ4v) is 1.49. The highest BCUT2D eigenvalue weighted by Crippen LogP contribution is 2.20. The van der Waals surface area contributed by atoms with Crippen molar-refractivity contribution in [2.45, 2.75) is 39.5 Å². The quantitative estimate of drug-likeness (QED) is 0.632. The van der Waals surface area contributed by atoms with E-state index in [-0.39, 0.29) is 0 Å². The van der Waals surface area contributed by atoms with E-state index in [0.29, 0.717) is 0 Å². The van der Waals surface area contributed by atoms with Crippen LogP contribution in [0.2, 0.25) is 0 Å². The Morgan fingerprint density at radius 1 is 1.17 bits per heavy atom. The average molecular weight is 162 g/mol. The largest absolute Gasteiger partial charge is 0.0654 e. The maximum Gasteiger partial charge on any atom is -0.0190 e. The van der Waals surface area contributed by atoms with Gasteiger partial charge in [0.25, 0.3) is 0 Å². The second-order valence-corrected chi connectivity index (χ2v) is 3.60. The lowest BCUT2D eigenvalue weighted by Gasteiger charge is -2.09. The summed E-state index contributed by atoms with van der Waals surface area (Å²) in [5.41, 5.74) is 2.82. The molecule has 0 aliphatic heterocycles. The Morgan fingerprint density at radius 2 is 1.75 bits per heavy atom. The predicted molar refractivity (Wildman–Crippen MR) is 54.5 cm³/mol. The molecule has 1 unspecified atom stereocenters. The molecule has 12 heavy (non-hydrogen) atoms. The van der Waals surface area contributed by atoms with Crippen LogP contribution in [0.3, 0.4) is 0 Å². The predicted octanol–water partition coefficient (Wildman–Crippen LogP) is 3.90. The summed E-state index contributed by atoms with van der Waals surface area (Å²) < 4.78 is 0. The van der Waals surface area contributed by atoms with Gasteiger partial charge in [-0.25, -0.2) is 0 Å².